The number of nitro groups is 2. The topological polar surface area (TPSA) is 122 Å². The second-order valence-corrected chi connectivity index (χ2v) is 4.36. The molecule has 0 aliphatic rings. The number of nitrogens with zero attached hydrogens (tertiary/aromatic N) is 2. The summed E-state index contributed by atoms with van der Waals surface area (Å²) in [5.41, 5.74) is 5.01. The molecule has 0 fully saturated rings. The molecule has 0 bridgehead atoms. The third-order valence-corrected chi connectivity index (χ3v) is 2.85. The minimum atomic E-state index is -0.615. The van der Waals surface area contributed by atoms with Crippen LogP contribution in [0.2, 0.25) is 5.02 Å². The normalized spacial score (nSPS) is 10.1. The quantitative estimate of drug-likeness (QED) is 0.523. The van der Waals surface area contributed by atoms with Gasteiger partial charge in [0.1, 0.15) is 22.2 Å². The van der Waals surface area contributed by atoms with Crippen molar-refractivity contribution in [1.29, 1.82) is 0 Å². The minimum Gasteiger partial charge on any atom is -0.457 e. The van der Waals surface area contributed by atoms with Gasteiger partial charge in [0, 0.05) is 24.3 Å². The van der Waals surface area contributed by atoms with Gasteiger partial charge >= 0.3 is 0 Å². The lowest BCUT2D eigenvalue weighted by Gasteiger charge is -2.07. The summed E-state index contributed by atoms with van der Waals surface area (Å²) < 4.78 is 5.40. The van der Waals surface area contributed by atoms with Crippen LogP contribution in [0.4, 0.5) is 17.1 Å². The van der Waals surface area contributed by atoms with Crippen molar-refractivity contribution in [2.24, 2.45) is 0 Å². The first-order valence-electron chi connectivity index (χ1n) is 5.54. The van der Waals surface area contributed by atoms with Crippen LogP contribution in [0.25, 0.3) is 0 Å². The van der Waals surface area contributed by atoms with Gasteiger partial charge in [0.2, 0.25) is 0 Å². The Hall–Kier alpha value is -2.87. The van der Waals surface area contributed by atoms with E-state index < -0.39 is 9.85 Å². The van der Waals surface area contributed by atoms with Crippen LogP contribution in [-0.4, -0.2) is 9.85 Å². The molecule has 0 aromatic heterocycles. The van der Waals surface area contributed by atoms with E-state index in [1.165, 1.54) is 36.4 Å². The van der Waals surface area contributed by atoms with Gasteiger partial charge in [-0.2, -0.15) is 0 Å². The third kappa shape index (κ3) is 3.18. The zero-order chi connectivity index (χ0) is 15.6. The van der Waals surface area contributed by atoms with Crippen molar-refractivity contribution in [3.8, 4) is 11.5 Å². The van der Waals surface area contributed by atoms with E-state index in [2.05, 4.69) is 0 Å². The SMILES string of the molecule is Nc1cc(Oc2ccc([N+](=O)[O-])c(Cl)c2)ccc1[N+](=O)[O-]. The van der Waals surface area contributed by atoms with E-state index in [9.17, 15) is 20.2 Å². The Morgan fingerprint density at radius 1 is 0.952 bits per heavy atom. The van der Waals surface area contributed by atoms with Gasteiger partial charge in [-0.1, -0.05) is 11.6 Å². The fourth-order valence-corrected chi connectivity index (χ4v) is 1.84. The van der Waals surface area contributed by atoms with Crippen molar-refractivity contribution in [3.63, 3.8) is 0 Å². The third-order valence-electron chi connectivity index (χ3n) is 2.55. The molecule has 21 heavy (non-hydrogen) atoms. The lowest BCUT2D eigenvalue weighted by Crippen LogP contribution is -1.96. The molecule has 2 rings (SSSR count). The lowest BCUT2D eigenvalue weighted by molar-refractivity contribution is -0.384. The number of hydrogen-bond acceptors (Lipinski definition) is 6. The smallest absolute Gasteiger partial charge is 0.292 e. The van der Waals surface area contributed by atoms with Gasteiger partial charge in [-0.05, 0) is 12.1 Å². The molecule has 0 radical (unpaired) electrons. The molecule has 8 nitrogen and oxygen atoms in total. The Morgan fingerprint density at radius 3 is 1.95 bits per heavy atom. The van der Waals surface area contributed by atoms with E-state index in [4.69, 9.17) is 22.1 Å². The average molecular weight is 310 g/mol. The van der Waals surface area contributed by atoms with E-state index in [1.807, 2.05) is 0 Å². The summed E-state index contributed by atoms with van der Waals surface area (Å²) in [6, 6.07) is 7.69. The van der Waals surface area contributed by atoms with Crippen LogP contribution in [0.5, 0.6) is 11.5 Å². The molecule has 2 aromatic carbocycles. The molecule has 108 valence electrons. The second-order valence-electron chi connectivity index (χ2n) is 3.95. The summed E-state index contributed by atoms with van der Waals surface area (Å²) in [4.78, 5) is 20.1. The van der Waals surface area contributed by atoms with E-state index >= 15 is 0 Å². The van der Waals surface area contributed by atoms with E-state index in [-0.39, 0.29) is 33.6 Å². The summed E-state index contributed by atoms with van der Waals surface area (Å²) in [5.74, 6) is 0.502. The Balaban J connectivity index is 2.26. The first-order valence-corrected chi connectivity index (χ1v) is 5.92. The number of ether oxygens (including phenoxy) is 1. The highest BCUT2D eigenvalue weighted by molar-refractivity contribution is 6.32. The van der Waals surface area contributed by atoms with Crippen molar-refractivity contribution in [3.05, 3.63) is 61.6 Å². The molecule has 0 atom stereocenters. The predicted octanol–water partition coefficient (Wildman–Crippen LogP) is 3.53. The summed E-state index contributed by atoms with van der Waals surface area (Å²) >= 11 is 5.75. The summed E-state index contributed by atoms with van der Waals surface area (Å²) in [5, 5.41) is 21.2. The van der Waals surface area contributed by atoms with Gasteiger partial charge in [0.05, 0.1) is 9.85 Å². The van der Waals surface area contributed by atoms with Crippen molar-refractivity contribution in [2.45, 2.75) is 0 Å². The molecule has 0 aliphatic heterocycles. The first-order chi connectivity index (χ1) is 9.88. The molecule has 0 spiro atoms. The highest BCUT2D eigenvalue weighted by atomic mass is 35.5. The van der Waals surface area contributed by atoms with E-state index in [0.717, 1.165) is 0 Å². The number of benzene rings is 2. The van der Waals surface area contributed by atoms with Crippen molar-refractivity contribution in [1.82, 2.24) is 0 Å². The number of anilines is 1. The largest absolute Gasteiger partial charge is 0.457 e. The molecule has 0 unspecified atom stereocenters. The van der Waals surface area contributed by atoms with Crippen molar-refractivity contribution < 1.29 is 14.6 Å². The van der Waals surface area contributed by atoms with Crippen LogP contribution in [0.3, 0.4) is 0 Å². The molecule has 0 aliphatic carbocycles. The molecular weight excluding hydrogens is 302 g/mol. The zero-order valence-electron chi connectivity index (χ0n) is 10.4. The van der Waals surface area contributed by atoms with Crippen LogP contribution in [-0.2, 0) is 0 Å². The van der Waals surface area contributed by atoms with Gasteiger partial charge in [0.15, 0.2) is 0 Å². The summed E-state index contributed by atoms with van der Waals surface area (Å²) in [7, 11) is 0. The van der Waals surface area contributed by atoms with Crippen LogP contribution in [0, 0.1) is 20.2 Å². The maximum Gasteiger partial charge on any atom is 0.292 e. The predicted molar refractivity (Wildman–Crippen MR) is 75.7 cm³/mol. The van der Waals surface area contributed by atoms with Crippen LogP contribution >= 0.6 is 11.6 Å². The summed E-state index contributed by atoms with van der Waals surface area (Å²) in [6.07, 6.45) is 0. The minimum absolute atomic E-state index is 0.0505. The Bertz CT molecular complexity index is 673. The highest BCUT2D eigenvalue weighted by Gasteiger charge is 2.15. The second kappa shape index (κ2) is 5.63. The molecule has 2 aromatic rings. The molecule has 0 saturated carbocycles. The number of nitro benzene ring substituents is 2. The van der Waals surface area contributed by atoms with E-state index in [1.54, 1.807) is 0 Å². The number of halogens is 1. The first kappa shape index (κ1) is 14.5. The standard InChI is InChI=1S/C12H8ClN3O5/c13-9-5-7(1-3-11(9)15(17)18)21-8-2-4-12(16(19)20)10(14)6-8/h1-6H,14H2. The van der Waals surface area contributed by atoms with Crippen LogP contribution in [0.1, 0.15) is 0 Å². The number of nitrogen functional groups attached to an aromatic ring is 1. The van der Waals surface area contributed by atoms with Crippen molar-refractivity contribution >= 4 is 28.7 Å². The maximum absolute atomic E-state index is 10.6. The molecule has 9 heteroatoms. The Kier molecular flexibility index (Phi) is 3.90. The lowest BCUT2D eigenvalue weighted by atomic mass is 10.2. The van der Waals surface area contributed by atoms with Gasteiger partial charge < -0.3 is 10.5 Å². The molecule has 0 saturated heterocycles. The highest BCUT2D eigenvalue weighted by Crippen LogP contribution is 2.33. The monoisotopic (exact) mass is 309 g/mol. The van der Waals surface area contributed by atoms with E-state index in [0.29, 0.717) is 0 Å². The zero-order valence-corrected chi connectivity index (χ0v) is 11.1. The van der Waals surface area contributed by atoms with Crippen molar-refractivity contribution in [2.75, 3.05) is 5.73 Å². The molecule has 0 amide bonds. The number of rotatable bonds is 4. The van der Waals surface area contributed by atoms with Crippen LogP contribution < -0.4 is 10.5 Å². The van der Waals surface area contributed by atoms with Gasteiger partial charge in [-0.3, -0.25) is 20.2 Å². The van der Waals surface area contributed by atoms with Crippen LogP contribution in [0.15, 0.2) is 36.4 Å². The summed E-state index contributed by atoms with van der Waals surface area (Å²) in [6.45, 7) is 0. The maximum atomic E-state index is 10.6. The molecule has 0 heterocycles. The van der Waals surface area contributed by atoms with Gasteiger partial charge in [-0.25, -0.2) is 0 Å². The number of hydrogen-bond donors (Lipinski definition) is 1. The Morgan fingerprint density at radius 2 is 1.48 bits per heavy atom. The number of nitrogens with two attached hydrogens (primary N) is 1. The fraction of sp³-hybridized carbons (Fsp3) is 0. The van der Waals surface area contributed by atoms with Gasteiger partial charge in [-0.15, -0.1) is 0 Å². The molecular formula is C12H8ClN3O5. The average Bonchev–Trinajstić information content (AvgIpc) is 2.37. The fourth-order valence-electron chi connectivity index (χ4n) is 1.60. The molecule has 2 N–H and O–H groups in total. The van der Waals surface area contributed by atoms with Gasteiger partial charge in [0.25, 0.3) is 11.4 Å². The Labute approximate surface area is 123 Å².